The second-order valence-corrected chi connectivity index (χ2v) is 8.30. The van der Waals surface area contributed by atoms with Crippen molar-refractivity contribution in [2.75, 3.05) is 14.1 Å². The van der Waals surface area contributed by atoms with Crippen LogP contribution in [0.1, 0.15) is 5.56 Å². The molecule has 150 valence electrons. The van der Waals surface area contributed by atoms with Crippen molar-refractivity contribution in [1.29, 1.82) is 0 Å². The number of aliphatic imine (C=N–C) groups is 1. The Morgan fingerprint density at radius 2 is 1.83 bits per heavy atom. The SMILES string of the molecule is CN1C(=O)C2C(=NC(Sc3nncn3C)=[N+]2Cc2c(Cl)cccc2Cl)N(C)C1=O. The number of nitrogens with zero attached hydrogens (tertiary/aromatic N) is 7. The molecule has 9 nitrogen and oxygen atoms in total. The van der Waals surface area contributed by atoms with Gasteiger partial charge in [-0.3, -0.25) is 14.6 Å². The zero-order chi connectivity index (χ0) is 20.9. The molecule has 0 saturated carbocycles. The molecule has 0 N–H and O–H groups in total. The maximum Gasteiger partial charge on any atom is 0.366 e. The molecule has 2 aromatic rings. The third-order valence-electron chi connectivity index (χ3n) is 4.74. The van der Waals surface area contributed by atoms with Gasteiger partial charge in [-0.25, -0.2) is 9.37 Å². The van der Waals surface area contributed by atoms with Crippen molar-refractivity contribution < 1.29 is 14.2 Å². The van der Waals surface area contributed by atoms with Gasteiger partial charge in [-0.05, 0) is 17.1 Å². The number of likely N-dealkylation sites (N-methyl/N-ethyl adjacent to an activating group) is 2. The molecular weight excluding hydrogens is 437 g/mol. The first-order valence-electron chi connectivity index (χ1n) is 8.51. The van der Waals surface area contributed by atoms with Crippen molar-refractivity contribution >= 4 is 57.9 Å². The zero-order valence-electron chi connectivity index (χ0n) is 15.7. The van der Waals surface area contributed by atoms with Crippen molar-refractivity contribution in [3.05, 3.63) is 40.1 Å². The van der Waals surface area contributed by atoms with E-state index in [9.17, 15) is 9.59 Å². The van der Waals surface area contributed by atoms with Crippen LogP contribution in [0.2, 0.25) is 10.0 Å². The molecule has 0 aliphatic carbocycles. The van der Waals surface area contributed by atoms with E-state index < -0.39 is 12.1 Å². The second-order valence-electron chi connectivity index (χ2n) is 6.55. The summed E-state index contributed by atoms with van der Waals surface area (Å²) in [6.45, 7) is 0.234. The van der Waals surface area contributed by atoms with Crippen molar-refractivity contribution in [2.45, 2.75) is 17.7 Å². The van der Waals surface area contributed by atoms with E-state index in [4.69, 9.17) is 23.2 Å². The van der Waals surface area contributed by atoms with Gasteiger partial charge in [-0.1, -0.05) is 29.3 Å². The van der Waals surface area contributed by atoms with Crippen LogP contribution < -0.4 is 0 Å². The number of hydrogen-bond donors (Lipinski definition) is 0. The highest BCUT2D eigenvalue weighted by molar-refractivity contribution is 8.13. The smallest absolute Gasteiger partial charge is 0.311 e. The topological polar surface area (TPSA) is 86.7 Å². The standard InChI is InChI=1S/C17H16Cl2N7O2S/c1-23-8-20-22-16(23)29-15-21-13-12(14(27)25(3)17(28)24(13)2)26(15)7-9-10(18)5-4-6-11(9)19/h4-6,8,12H,7H2,1-3H3/q+1. The molecule has 4 rings (SSSR count). The molecule has 2 aliphatic rings. The number of aromatic nitrogens is 3. The molecule has 3 heterocycles. The van der Waals surface area contributed by atoms with Gasteiger partial charge in [-0.2, -0.15) is 0 Å². The minimum absolute atomic E-state index is 0.234. The monoisotopic (exact) mass is 452 g/mol. The minimum atomic E-state index is -0.772. The zero-order valence-corrected chi connectivity index (χ0v) is 18.0. The summed E-state index contributed by atoms with van der Waals surface area (Å²) in [7, 11) is 4.85. The van der Waals surface area contributed by atoms with Crippen molar-refractivity contribution in [3.8, 4) is 0 Å². The van der Waals surface area contributed by atoms with E-state index in [1.54, 1.807) is 40.7 Å². The molecule has 0 bridgehead atoms. The number of amides is 3. The maximum absolute atomic E-state index is 13.0. The first-order chi connectivity index (χ1) is 13.8. The predicted octanol–water partition coefficient (Wildman–Crippen LogP) is 2.09. The number of benzene rings is 1. The first kappa shape index (κ1) is 19.9. The van der Waals surface area contributed by atoms with Crippen LogP contribution in [0.15, 0.2) is 34.7 Å². The lowest BCUT2D eigenvalue weighted by molar-refractivity contribution is -0.548. The predicted molar refractivity (Wildman–Crippen MR) is 109 cm³/mol. The Morgan fingerprint density at radius 3 is 2.45 bits per heavy atom. The number of urea groups is 1. The molecule has 1 atom stereocenters. The van der Waals surface area contributed by atoms with Gasteiger partial charge in [0.15, 0.2) is 0 Å². The lowest BCUT2D eigenvalue weighted by Gasteiger charge is -2.30. The number of imide groups is 1. The fourth-order valence-electron chi connectivity index (χ4n) is 3.12. The van der Waals surface area contributed by atoms with Crippen molar-refractivity contribution in [3.63, 3.8) is 0 Å². The molecule has 1 aromatic heterocycles. The molecule has 3 amide bonds. The summed E-state index contributed by atoms with van der Waals surface area (Å²) in [5, 5.41) is 10.0. The lowest BCUT2D eigenvalue weighted by atomic mass is 10.1. The molecule has 12 heteroatoms. The molecule has 0 radical (unpaired) electrons. The Bertz CT molecular complexity index is 1080. The number of amidine groups is 2. The largest absolute Gasteiger partial charge is 0.366 e. The van der Waals surface area contributed by atoms with Gasteiger partial charge in [0.2, 0.25) is 5.16 Å². The van der Waals surface area contributed by atoms with Gasteiger partial charge >= 0.3 is 11.2 Å². The molecule has 29 heavy (non-hydrogen) atoms. The van der Waals surface area contributed by atoms with Crippen molar-refractivity contribution in [2.24, 2.45) is 12.0 Å². The van der Waals surface area contributed by atoms with Crippen LogP contribution in [0.5, 0.6) is 0 Å². The summed E-state index contributed by atoms with van der Waals surface area (Å²) in [6.07, 6.45) is 1.57. The number of aryl methyl sites for hydroxylation is 1. The summed E-state index contributed by atoms with van der Waals surface area (Å²) >= 11 is 14.0. The van der Waals surface area contributed by atoms with Crippen LogP contribution in [0, 0.1) is 0 Å². The van der Waals surface area contributed by atoms with Crippen LogP contribution in [0.4, 0.5) is 4.79 Å². The van der Waals surface area contributed by atoms with Gasteiger partial charge in [-0.15, -0.1) is 10.2 Å². The van der Waals surface area contributed by atoms with Gasteiger partial charge in [0.05, 0.1) is 0 Å². The number of hydrogen-bond acceptors (Lipinski definition) is 6. The van der Waals surface area contributed by atoms with E-state index in [0.717, 1.165) is 4.90 Å². The van der Waals surface area contributed by atoms with E-state index in [1.165, 1.54) is 23.7 Å². The average Bonchev–Trinajstić information content (AvgIpc) is 3.25. The van der Waals surface area contributed by atoms with Crippen LogP contribution in [-0.4, -0.2) is 72.2 Å². The fraction of sp³-hybridized carbons (Fsp3) is 0.294. The molecular formula is C17H16Cl2N7O2S+. The number of thioether (sulfide) groups is 1. The second kappa shape index (κ2) is 7.43. The van der Waals surface area contributed by atoms with Gasteiger partial charge in [0.25, 0.3) is 17.8 Å². The number of fused-ring (bicyclic) bond motifs is 1. The first-order valence-corrected chi connectivity index (χ1v) is 10.1. The number of carbonyl (C=O) groups is 2. The third kappa shape index (κ3) is 3.30. The average molecular weight is 453 g/mol. The number of carbonyl (C=O) groups excluding carboxylic acids is 2. The maximum atomic E-state index is 13.0. The Kier molecular flexibility index (Phi) is 5.09. The number of rotatable bonds is 3. The summed E-state index contributed by atoms with van der Waals surface area (Å²) in [5.74, 6) is -0.0189. The molecule has 1 unspecified atom stereocenters. The highest BCUT2D eigenvalue weighted by Crippen LogP contribution is 2.30. The molecule has 1 fully saturated rings. The summed E-state index contributed by atoms with van der Waals surface area (Å²) < 4.78 is 3.52. The molecule has 2 aliphatic heterocycles. The molecule has 1 aromatic carbocycles. The van der Waals surface area contributed by atoms with E-state index in [2.05, 4.69) is 15.2 Å². The third-order valence-corrected chi connectivity index (χ3v) is 6.51. The van der Waals surface area contributed by atoms with Crippen LogP contribution in [-0.2, 0) is 18.4 Å². The molecule has 0 spiro atoms. The Balaban J connectivity index is 1.82. The summed E-state index contributed by atoms with van der Waals surface area (Å²) in [4.78, 5) is 32.4. The fourth-order valence-corrected chi connectivity index (χ4v) is 4.50. The Labute approximate surface area is 180 Å². The van der Waals surface area contributed by atoms with E-state index in [-0.39, 0.29) is 12.5 Å². The van der Waals surface area contributed by atoms with Gasteiger partial charge < -0.3 is 4.57 Å². The van der Waals surface area contributed by atoms with Crippen molar-refractivity contribution in [1.82, 2.24) is 24.6 Å². The number of halogens is 2. The van der Waals surface area contributed by atoms with E-state index >= 15 is 0 Å². The van der Waals surface area contributed by atoms with E-state index in [0.29, 0.717) is 31.8 Å². The highest BCUT2D eigenvalue weighted by Gasteiger charge is 2.53. The summed E-state index contributed by atoms with van der Waals surface area (Å²) in [6, 6.07) is 4.02. The minimum Gasteiger partial charge on any atom is -0.311 e. The Morgan fingerprint density at radius 1 is 1.14 bits per heavy atom. The lowest BCUT2D eigenvalue weighted by Crippen LogP contribution is -2.61. The quantitative estimate of drug-likeness (QED) is 0.665. The van der Waals surface area contributed by atoms with Crippen LogP contribution in [0.25, 0.3) is 0 Å². The summed E-state index contributed by atoms with van der Waals surface area (Å²) in [5.41, 5.74) is 0.665. The molecule has 1 saturated heterocycles. The highest BCUT2D eigenvalue weighted by atomic mass is 35.5. The van der Waals surface area contributed by atoms with Crippen LogP contribution >= 0.6 is 35.0 Å². The normalized spacial score (nSPS) is 19.2. The Hall–Kier alpha value is -2.43. The van der Waals surface area contributed by atoms with Gasteiger partial charge in [0.1, 0.15) is 12.9 Å². The van der Waals surface area contributed by atoms with Crippen LogP contribution in [0.3, 0.4) is 0 Å². The van der Waals surface area contributed by atoms with E-state index in [1.807, 2.05) is 7.05 Å². The van der Waals surface area contributed by atoms with Gasteiger partial charge in [0, 0.05) is 48.5 Å².